The second-order valence-electron chi connectivity index (χ2n) is 9.02. The summed E-state index contributed by atoms with van der Waals surface area (Å²) in [7, 11) is 0. The van der Waals surface area contributed by atoms with E-state index in [0.717, 1.165) is 18.5 Å². The molecule has 0 N–H and O–H groups in total. The van der Waals surface area contributed by atoms with E-state index in [-0.39, 0.29) is 26.2 Å². The summed E-state index contributed by atoms with van der Waals surface area (Å²) in [5.74, 6) is 1.34. The third-order valence-corrected chi connectivity index (χ3v) is 6.80. The van der Waals surface area contributed by atoms with E-state index in [9.17, 15) is 0 Å². The smallest absolute Gasteiger partial charge is 0.341 e. The molecular weight excluding hydrogens is 418 g/mol. The number of likely N-dealkylation sites (tertiary alicyclic amines) is 1. The van der Waals surface area contributed by atoms with Gasteiger partial charge in [-0.25, -0.2) is 0 Å². The standard InChI is InChI=1S/C16H21N.2C5H10.Zr/c1-13-11-17(12-14-7-3-2-4-8-14)16-10-6-5-9-15(13)16;2*1-2-4-5-3-1;/h2-4,7-9,13,15-16H,1,5-6,10-12H2;2*1-5H2;/q-2;;;+4/t13-,15+,16+;;;/m0.../s1. The molecule has 4 aliphatic rings. The molecule has 0 unspecified atom stereocenters. The van der Waals surface area contributed by atoms with E-state index in [2.05, 4.69) is 48.6 Å². The van der Waals surface area contributed by atoms with Crippen molar-refractivity contribution in [2.75, 3.05) is 6.54 Å². The Bertz CT molecular complexity index is 469. The Balaban J connectivity index is 0.000000209. The van der Waals surface area contributed by atoms with Crippen molar-refractivity contribution in [3.63, 3.8) is 0 Å². The maximum atomic E-state index is 4.34. The molecule has 0 amide bonds. The molecule has 0 aromatic heterocycles. The number of nitrogens with zero attached hydrogens (tertiary/aromatic N) is 1. The molecule has 2 heteroatoms. The van der Waals surface area contributed by atoms with Crippen molar-refractivity contribution in [1.82, 2.24) is 4.90 Å². The van der Waals surface area contributed by atoms with Gasteiger partial charge in [0.15, 0.2) is 0 Å². The largest absolute Gasteiger partial charge is 4.00 e. The molecule has 1 aromatic rings. The monoisotopic (exact) mass is 457 g/mol. The van der Waals surface area contributed by atoms with Crippen LogP contribution in [0.2, 0.25) is 0 Å². The Hall–Kier alpha value is 0.0631. The Morgan fingerprint density at radius 1 is 0.821 bits per heavy atom. The van der Waals surface area contributed by atoms with Gasteiger partial charge in [-0.2, -0.15) is 18.3 Å². The summed E-state index contributed by atoms with van der Waals surface area (Å²) in [6.07, 6.45) is 21.5. The summed E-state index contributed by atoms with van der Waals surface area (Å²) in [6.45, 7) is 6.61. The van der Waals surface area contributed by atoms with E-state index in [1.165, 1.54) is 95.6 Å². The van der Waals surface area contributed by atoms with Gasteiger partial charge in [0.1, 0.15) is 0 Å². The fourth-order valence-corrected chi connectivity index (χ4v) is 5.25. The second kappa shape index (κ2) is 14.1. The molecule has 1 aliphatic heterocycles. The van der Waals surface area contributed by atoms with Gasteiger partial charge < -0.3 is 18.2 Å². The summed E-state index contributed by atoms with van der Waals surface area (Å²) < 4.78 is 0. The van der Waals surface area contributed by atoms with Gasteiger partial charge in [-0.05, 0) is 24.6 Å². The van der Waals surface area contributed by atoms with Crippen molar-refractivity contribution in [1.29, 1.82) is 0 Å². The van der Waals surface area contributed by atoms with Gasteiger partial charge in [0.2, 0.25) is 0 Å². The van der Waals surface area contributed by atoms with Gasteiger partial charge in [0.05, 0.1) is 0 Å². The molecule has 3 aliphatic carbocycles. The van der Waals surface area contributed by atoms with Crippen LogP contribution in [-0.2, 0) is 32.7 Å². The van der Waals surface area contributed by atoms with Gasteiger partial charge in [-0.15, -0.1) is 0 Å². The normalized spacial score (nSPS) is 29.0. The van der Waals surface area contributed by atoms with Gasteiger partial charge >= 0.3 is 26.2 Å². The Morgan fingerprint density at radius 3 is 1.89 bits per heavy atom. The van der Waals surface area contributed by atoms with Gasteiger partial charge in [0.25, 0.3) is 0 Å². The van der Waals surface area contributed by atoms with Gasteiger partial charge in [0, 0.05) is 6.54 Å². The molecular formula is C26H41NZr+2. The molecule has 1 saturated heterocycles. The van der Waals surface area contributed by atoms with Gasteiger partial charge in [-0.3, -0.25) is 0 Å². The van der Waals surface area contributed by atoms with Crippen LogP contribution in [0.4, 0.5) is 0 Å². The van der Waals surface area contributed by atoms with Crippen molar-refractivity contribution in [3.8, 4) is 0 Å². The summed E-state index contributed by atoms with van der Waals surface area (Å²) >= 11 is 0. The Kier molecular flexibility index (Phi) is 12.3. The average molecular weight is 459 g/mol. The van der Waals surface area contributed by atoms with Crippen molar-refractivity contribution >= 4 is 0 Å². The third kappa shape index (κ3) is 8.06. The van der Waals surface area contributed by atoms with Crippen LogP contribution in [0.15, 0.2) is 30.3 Å². The fraction of sp³-hybridized carbons (Fsp3) is 0.692. The predicted octanol–water partition coefficient (Wildman–Crippen LogP) is 7.22. The quantitative estimate of drug-likeness (QED) is 0.423. The zero-order chi connectivity index (χ0) is 18.7. The average Bonchev–Trinajstić information content (AvgIpc) is 3.50. The summed E-state index contributed by atoms with van der Waals surface area (Å²) in [5.41, 5.74) is 1.44. The Morgan fingerprint density at radius 2 is 1.36 bits per heavy atom. The number of benzene rings is 1. The predicted molar refractivity (Wildman–Crippen MR) is 117 cm³/mol. The topological polar surface area (TPSA) is 3.24 Å². The molecule has 1 aromatic carbocycles. The second-order valence-corrected chi connectivity index (χ2v) is 9.02. The van der Waals surface area contributed by atoms with Crippen molar-refractivity contribution in [3.05, 3.63) is 49.2 Å². The number of fused-ring (bicyclic) bond motifs is 1. The van der Waals surface area contributed by atoms with E-state index < -0.39 is 0 Å². The first-order valence-electron chi connectivity index (χ1n) is 11.8. The zero-order valence-corrected chi connectivity index (χ0v) is 20.4. The van der Waals surface area contributed by atoms with E-state index in [1.807, 2.05) is 0 Å². The third-order valence-electron chi connectivity index (χ3n) is 6.80. The maximum Gasteiger partial charge on any atom is 4.00 e. The van der Waals surface area contributed by atoms with Crippen molar-refractivity contribution in [2.45, 2.75) is 96.1 Å². The zero-order valence-electron chi connectivity index (χ0n) is 18.0. The van der Waals surface area contributed by atoms with Crippen LogP contribution < -0.4 is 0 Å². The summed E-state index contributed by atoms with van der Waals surface area (Å²) in [4.78, 5) is 2.65. The molecule has 3 saturated carbocycles. The molecule has 152 valence electrons. The molecule has 1 nitrogen and oxygen atoms in total. The molecule has 0 spiro atoms. The molecule has 1 heterocycles. The van der Waals surface area contributed by atoms with Crippen LogP contribution in [-0.4, -0.2) is 17.5 Å². The minimum atomic E-state index is 0. The number of hydrogen-bond donors (Lipinski definition) is 0. The van der Waals surface area contributed by atoms with E-state index in [0.29, 0.717) is 5.92 Å². The van der Waals surface area contributed by atoms with E-state index >= 15 is 0 Å². The summed E-state index contributed by atoms with van der Waals surface area (Å²) in [6, 6.07) is 11.6. The molecule has 0 bridgehead atoms. The van der Waals surface area contributed by atoms with Crippen LogP contribution in [0.3, 0.4) is 0 Å². The van der Waals surface area contributed by atoms with Crippen molar-refractivity contribution in [2.24, 2.45) is 11.8 Å². The molecule has 5 rings (SSSR count). The van der Waals surface area contributed by atoms with E-state index in [4.69, 9.17) is 0 Å². The Labute approximate surface area is 194 Å². The first-order valence-corrected chi connectivity index (χ1v) is 11.8. The minimum absolute atomic E-state index is 0. The van der Waals surface area contributed by atoms with E-state index in [1.54, 1.807) is 0 Å². The van der Waals surface area contributed by atoms with Crippen LogP contribution in [0.5, 0.6) is 0 Å². The summed E-state index contributed by atoms with van der Waals surface area (Å²) in [5, 5.41) is 0. The first kappa shape index (κ1) is 24.3. The molecule has 4 fully saturated rings. The van der Waals surface area contributed by atoms with Gasteiger partial charge in [-0.1, -0.05) is 101 Å². The molecule has 3 atom stereocenters. The number of rotatable bonds is 2. The van der Waals surface area contributed by atoms with Crippen molar-refractivity contribution < 1.29 is 26.2 Å². The van der Waals surface area contributed by atoms with Crippen LogP contribution in [0, 0.1) is 25.2 Å². The van der Waals surface area contributed by atoms with Crippen LogP contribution >= 0.6 is 0 Å². The SMILES string of the molecule is C1CCCC1.C1CCCC1.[CH2-][C@H]1CN(Cc2ccccc2)[C@@H]2CCC[CH-][C@@H]21.[Zr+4]. The first-order chi connectivity index (χ1) is 13.3. The molecule has 28 heavy (non-hydrogen) atoms. The minimum Gasteiger partial charge on any atom is -0.341 e. The molecule has 0 radical (unpaired) electrons. The van der Waals surface area contributed by atoms with Crippen LogP contribution in [0.25, 0.3) is 0 Å². The number of hydrogen-bond acceptors (Lipinski definition) is 1. The maximum absolute atomic E-state index is 4.34. The fourth-order valence-electron chi connectivity index (χ4n) is 5.25. The van der Waals surface area contributed by atoms with Crippen LogP contribution in [0.1, 0.15) is 89.0 Å².